The van der Waals surface area contributed by atoms with E-state index in [2.05, 4.69) is 5.32 Å². The lowest BCUT2D eigenvalue weighted by Gasteiger charge is -2.18. The van der Waals surface area contributed by atoms with Crippen LogP contribution in [0.5, 0.6) is 5.75 Å². The van der Waals surface area contributed by atoms with E-state index in [1.54, 1.807) is 43.3 Å². The Bertz CT molecular complexity index is 696. The molecule has 2 amide bonds. The topological polar surface area (TPSA) is 58.6 Å². The number of methoxy groups -OCH3 is 1. The average Bonchev–Trinajstić information content (AvgIpc) is 2.54. The molecule has 0 spiro atoms. The average molecular weight is 312 g/mol. The number of nitrogens with one attached hydrogen (secondary N) is 1. The first-order valence-electron chi connectivity index (χ1n) is 7.25. The molecule has 1 N–H and O–H groups in total. The Hall–Kier alpha value is -2.82. The van der Waals surface area contributed by atoms with Crippen LogP contribution in [0.25, 0.3) is 0 Å². The lowest BCUT2D eigenvalue weighted by atomic mass is 10.1. The highest BCUT2D eigenvalue weighted by atomic mass is 16.5. The van der Waals surface area contributed by atoms with Crippen molar-refractivity contribution < 1.29 is 14.3 Å². The second-order valence-corrected chi connectivity index (χ2v) is 5.27. The molecule has 0 bridgehead atoms. The predicted octanol–water partition coefficient (Wildman–Crippen LogP) is 2.93. The van der Waals surface area contributed by atoms with E-state index in [-0.39, 0.29) is 11.8 Å². The van der Waals surface area contributed by atoms with Gasteiger partial charge in [-0.15, -0.1) is 0 Å². The molecule has 0 fully saturated rings. The van der Waals surface area contributed by atoms with Gasteiger partial charge in [-0.25, -0.2) is 0 Å². The van der Waals surface area contributed by atoms with Crippen LogP contribution in [-0.4, -0.2) is 30.9 Å². The second kappa shape index (κ2) is 7.45. The van der Waals surface area contributed by atoms with E-state index in [4.69, 9.17) is 4.74 Å². The third-order valence-electron chi connectivity index (χ3n) is 3.36. The summed E-state index contributed by atoms with van der Waals surface area (Å²) in [6, 6.07) is 14.5. The fourth-order valence-electron chi connectivity index (χ4n) is 2.23. The number of amides is 2. The highest BCUT2D eigenvalue weighted by Gasteiger charge is 2.13. The predicted molar refractivity (Wildman–Crippen MR) is 89.5 cm³/mol. The molecule has 0 saturated carbocycles. The van der Waals surface area contributed by atoms with Crippen LogP contribution in [0.1, 0.15) is 22.8 Å². The van der Waals surface area contributed by atoms with Crippen molar-refractivity contribution in [3.05, 3.63) is 59.7 Å². The van der Waals surface area contributed by atoms with Gasteiger partial charge in [0.15, 0.2) is 0 Å². The summed E-state index contributed by atoms with van der Waals surface area (Å²) in [5.41, 5.74) is 2.16. The summed E-state index contributed by atoms with van der Waals surface area (Å²) in [4.78, 5) is 25.2. The molecule has 5 nitrogen and oxygen atoms in total. The number of anilines is 1. The van der Waals surface area contributed by atoms with Crippen LogP contribution in [0.2, 0.25) is 0 Å². The molecule has 2 aromatic rings. The molecule has 0 unspecified atom stereocenters. The normalized spacial score (nSPS) is 10.0. The summed E-state index contributed by atoms with van der Waals surface area (Å²) in [6.07, 6.45) is 0. The largest absolute Gasteiger partial charge is 0.497 e. The molecule has 2 rings (SSSR count). The highest BCUT2D eigenvalue weighted by Crippen LogP contribution is 2.16. The van der Waals surface area contributed by atoms with Gasteiger partial charge in [0.25, 0.3) is 5.91 Å². The lowest BCUT2D eigenvalue weighted by Crippen LogP contribution is -2.26. The van der Waals surface area contributed by atoms with Gasteiger partial charge in [0.1, 0.15) is 5.75 Å². The SMILES string of the molecule is COc1ccc(CN(C)C(=O)c2cccc(NC(C)=O)c2)cc1. The molecule has 0 aliphatic heterocycles. The molecule has 0 aromatic heterocycles. The van der Waals surface area contributed by atoms with Crippen molar-refractivity contribution in [2.24, 2.45) is 0 Å². The van der Waals surface area contributed by atoms with E-state index < -0.39 is 0 Å². The number of carbonyl (C=O) groups is 2. The van der Waals surface area contributed by atoms with Gasteiger partial charge in [0.2, 0.25) is 5.91 Å². The van der Waals surface area contributed by atoms with Gasteiger partial charge in [0.05, 0.1) is 7.11 Å². The maximum atomic E-state index is 12.5. The number of hydrogen-bond donors (Lipinski definition) is 1. The third kappa shape index (κ3) is 4.57. The quantitative estimate of drug-likeness (QED) is 0.923. The Morgan fingerprint density at radius 3 is 2.43 bits per heavy atom. The van der Waals surface area contributed by atoms with Crippen LogP contribution >= 0.6 is 0 Å². The number of nitrogens with zero attached hydrogens (tertiary/aromatic N) is 1. The minimum atomic E-state index is -0.166. The van der Waals surface area contributed by atoms with Crippen molar-refractivity contribution in [2.45, 2.75) is 13.5 Å². The van der Waals surface area contributed by atoms with Crippen molar-refractivity contribution in [1.82, 2.24) is 4.90 Å². The molecule has 0 radical (unpaired) electrons. The van der Waals surface area contributed by atoms with Crippen molar-refractivity contribution in [3.63, 3.8) is 0 Å². The Morgan fingerprint density at radius 1 is 1.13 bits per heavy atom. The van der Waals surface area contributed by atoms with Crippen molar-refractivity contribution in [3.8, 4) is 5.75 Å². The molecule has 0 saturated heterocycles. The molecule has 0 aliphatic carbocycles. The summed E-state index contributed by atoms with van der Waals surface area (Å²) < 4.78 is 5.12. The summed E-state index contributed by atoms with van der Waals surface area (Å²) >= 11 is 0. The summed E-state index contributed by atoms with van der Waals surface area (Å²) in [5, 5.41) is 2.68. The first-order chi connectivity index (χ1) is 11.0. The first kappa shape index (κ1) is 16.5. The minimum Gasteiger partial charge on any atom is -0.497 e. The van der Waals surface area contributed by atoms with Crippen LogP contribution in [0, 0.1) is 0 Å². The van der Waals surface area contributed by atoms with Crippen LogP contribution in [0.3, 0.4) is 0 Å². The highest BCUT2D eigenvalue weighted by molar-refractivity contribution is 5.96. The summed E-state index contributed by atoms with van der Waals surface area (Å²) in [7, 11) is 3.37. The Morgan fingerprint density at radius 2 is 1.83 bits per heavy atom. The van der Waals surface area contributed by atoms with Crippen LogP contribution in [-0.2, 0) is 11.3 Å². The minimum absolute atomic E-state index is 0.104. The van der Waals surface area contributed by atoms with Gasteiger partial charge in [-0.3, -0.25) is 9.59 Å². The van der Waals surface area contributed by atoms with E-state index in [1.807, 2.05) is 24.3 Å². The fourth-order valence-corrected chi connectivity index (χ4v) is 2.23. The lowest BCUT2D eigenvalue weighted by molar-refractivity contribution is -0.114. The number of rotatable bonds is 5. The van der Waals surface area contributed by atoms with E-state index >= 15 is 0 Å². The van der Waals surface area contributed by atoms with Crippen LogP contribution in [0.15, 0.2) is 48.5 Å². The summed E-state index contributed by atoms with van der Waals surface area (Å²) in [5.74, 6) is 0.514. The monoisotopic (exact) mass is 312 g/mol. The van der Waals surface area contributed by atoms with E-state index in [0.29, 0.717) is 17.8 Å². The Labute approximate surface area is 135 Å². The van der Waals surface area contributed by atoms with Crippen molar-refractivity contribution >= 4 is 17.5 Å². The molecular weight excluding hydrogens is 292 g/mol. The molecule has 120 valence electrons. The Kier molecular flexibility index (Phi) is 5.36. The number of ether oxygens (including phenoxy) is 1. The van der Waals surface area contributed by atoms with Gasteiger partial charge in [-0.2, -0.15) is 0 Å². The number of benzene rings is 2. The van der Waals surface area contributed by atoms with Gasteiger partial charge >= 0.3 is 0 Å². The van der Waals surface area contributed by atoms with E-state index in [1.165, 1.54) is 6.92 Å². The molecule has 0 atom stereocenters. The smallest absolute Gasteiger partial charge is 0.253 e. The van der Waals surface area contributed by atoms with Gasteiger partial charge < -0.3 is 15.0 Å². The van der Waals surface area contributed by atoms with Crippen LogP contribution < -0.4 is 10.1 Å². The van der Waals surface area contributed by atoms with Gasteiger partial charge in [-0.05, 0) is 35.9 Å². The molecular formula is C18H20N2O3. The molecule has 23 heavy (non-hydrogen) atoms. The first-order valence-corrected chi connectivity index (χ1v) is 7.25. The maximum absolute atomic E-state index is 12.5. The Balaban J connectivity index is 2.07. The zero-order valence-corrected chi connectivity index (χ0v) is 13.5. The maximum Gasteiger partial charge on any atom is 0.253 e. The summed E-state index contributed by atoms with van der Waals surface area (Å²) in [6.45, 7) is 1.93. The zero-order valence-electron chi connectivity index (χ0n) is 13.5. The van der Waals surface area contributed by atoms with Crippen molar-refractivity contribution in [1.29, 1.82) is 0 Å². The third-order valence-corrected chi connectivity index (χ3v) is 3.36. The standard InChI is InChI=1S/C18H20N2O3/c1-13(21)19-16-6-4-5-15(11-16)18(22)20(2)12-14-7-9-17(23-3)10-8-14/h4-11H,12H2,1-3H3,(H,19,21). The number of carbonyl (C=O) groups excluding carboxylic acids is 2. The van der Waals surface area contributed by atoms with E-state index in [0.717, 1.165) is 11.3 Å². The fraction of sp³-hybridized carbons (Fsp3) is 0.222. The molecule has 5 heteroatoms. The zero-order chi connectivity index (χ0) is 16.8. The van der Waals surface area contributed by atoms with Gasteiger partial charge in [-0.1, -0.05) is 18.2 Å². The molecule has 2 aromatic carbocycles. The van der Waals surface area contributed by atoms with E-state index in [9.17, 15) is 9.59 Å². The molecule has 0 heterocycles. The van der Waals surface area contributed by atoms with Gasteiger partial charge in [0, 0.05) is 31.8 Å². The molecule has 0 aliphatic rings. The van der Waals surface area contributed by atoms with Crippen LogP contribution in [0.4, 0.5) is 5.69 Å². The van der Waals surface area contributed by atoms with Crippen molar-refractivity contribution in [2.75, 3.05) is 19.5 Å². The second-order valence-electron chi connectivity index (χ2n) is 5.27. The number of hydrogen-bond acceptors (Lipinski definition) is 3.